The minimum atomic E-state index is -0.326. The number of hydrogen-bond acceptors (Lipinski definition) is 4. The topological polar surface area (TPSA) is 58.4 Å². The quantitative estimate of drug-likeness (QED) is 0.658. The van der Waals surface area contributed by atoms with E-state index in [0.29, 0.717) is 5.69 Å². The van der Waals surface area contributed by atoms with Gasteiger partial charge in [-0.25, -0.2) is 0 Å². The number of benzene rings is 2. The maximum absolute atomic E-state index is 11.3. The zero-order valence-electron chi connectivity index (χ0n) is 13.2. The van der Waals surface area contributed by atoms with E-state index in [9.17, 15) is 10.1 Å². The molecule has 23 heavy (non-hydrogen) atoms. The summed E-state index contributed by atoms with van der Waals surface area (Å²) in [7, 11) is 0. The van der Waals surface area contributed by atoms with Crippen molar-refractivity contribution in [1.82, 2.24) is 0 Å². The Morgan fingerprint density at radius 2 is 1.83 bits per heavy atom. The lowest BCUT2D eigenvalue weighted by molar-refractivity contribution is -0.384. The molecule has 0 bridgehead atoms. The molecule has 120 valence electrons. The molecule has 0 unspecified atom stereocenters. The number of rotatable bonds is 5. The normalized spacial score (nSPS) is 15.4. The standard InChI is InChI=1S/C18H21N3O2/c1-14(15-7-3-2-4-8-15)19-17-13-16(20-11-5-6-12-20)9-10-18(17)21(22)23/h2-4,7-10,13-14,19H,5-6,11-12H2,1H3/t14-/m1/s1. The minimum Gasteiger partial charge on any atom is -0.373 e. The highest BCUT2D eigenvalue weighted by atomic mass is 16.6. The largest absolute Gasteiger partial charge is 0.373 e. The maximum Gasteiger partial charge on any atom is 0.292 e. The van der Waals surface area contributed by atoms with Crippen LogP contribution in [0.4, 0.5) is 17.1 Å². The van der Waals surface area contributed by atoms with Crippen molar-refractivity contribution in [2.24, 2.45) is 0 Å². The summed E-state index contributed by atoms with van der Waals surface area (Å²) >= 11 is 0. The van der Waals surface area contributed by atoms with Gasteiger partial charge in [-0.2, -0.15) is 0 Å². The van der Waals surface area contributed by atoms with Crippen molar-refractivity contribution in [3.8, 4) is 0 Å². The Hall–Kier alpha value is -2.56. The third-order valence-electron chi connectivity index (χ3n) is 4.32. The molecule has 1 aliphatic heterocycles. The predicted molar refractivity (Wildman–Crippen MR) is 93.0 cm³/mol. The summed E-state index contributed by atoms with van der Waals surface area (Å²) in [5, 5.41) is 14.6. The molecule has 0 amide bonds. The minimum absolute atomic E-state index is 0.00345. The van der Waals surface area contributed by atoms with Crippen molar-refractivity contribution in [2.75, 3.05) is 23.3 Å². The third-order valence-corrected chi connectivity index (χ3v) is 4.32. The summed E-state index contributed by atoms with van der Waals surface area (Å²) in [6, 6.07) is 15.3. The van der Waals surface area contributed by atoms with Gasteiger partial charge in [-0.15, -0.1) is 0 Å². The highest BCUT2D eigenvalue weighted by molar-refractivity contribution is 5.69. The van der Waals surface area contributed by atoms with E-state index < -0.39 is 0 Å². The smallest absolute Gasteiger partial charge is 0.292 e. The van der Waals surface area contributed by atoms with Crippen LogP contribution in [-0.4, -0.2) is 18.0 Å². The van der Waals surface area contributed by atoms with E-state index >= 15 is 0 Å². The first-order valence-electron chi connectivity index (χ1n) is 8.00. The van der Waals surface area contributed by atoms with E-state index in [0.717, 1.165) is 24.3 Å². The van der Waals surface area contributed by atoms with Gasteiger partial charge in [0.05, 0.1) is 4.92 Å². The van der Waals surface area contributed by atoms with Crippen LogP contribution in [0.3, 0.4) is 0 Å². The zero-order chi connectivity index (χ0) is 16.2. The van der Waals surface area contributed by atoms with Crippen molar-refractivity contribution in [2.45, 2.75) is 25.8 Å². The fraction of sp³-hybridized carbons (Fsp3) is 0.333. The molecule has 1 aliphatic rings. The summed E-state index contributed by atoms with van der Waals surface area (Å²) in [4.78, 5) is 13.3. The summed E-state index contributed by atoms with van der Waals surface area (Å²) in [6.07, 6.45) is 2.36. The Morgan fingerprint density at radius 3 is 2.48 bits per heavy atom. The van der Waals surface area contributed by atoms with E-state index in [2.05, 4.69) is 10.2 Å². The zero-order valence-corrected chi connectivity index (χ0v) is 13.2. The molecule has 1 fully saturated rings. The number of nitrogens with zero attached hydrogens (tertiary/aromatic N) is 2. The average molecular weight is 311 g/mol. The Kier molecular flexibility index (Phi) is 4.46. The lowest BCUT2D eigenvalue weighted by Crippen LogP contribution is -2.18. The van der Waals surface area contributed by atoms with Gasteiger partial charge in [-0.3, -0.25) is 10.1 Å². The molecule has 0 radical (unpaired) electrons. The van der Waals surface area contributed by atoms with Gasteiger partial charge in [0.1, 0.15) is 5.69 Å². The van der Waals surface area contributed by atoms with Crippen molar-refractivity contribution < 1.29 is 4.92 Å². The second-order valence-corrected chi connectivity index (χ2v) is 5.93. The summed E-state index contributed by atoms with van der Waals surface area (Å²) in [5.41, 5.74) is 2.86. The van der Waals surface area contributed by atoms with Crippen LogP contribution in [-0.2, 0) is 0 Å². The van der Waals surface area contributed by atoms with Gasteiger partial charge in [0.2, 0.25) is 0 Å². The Balaban J connectivity index is 1.88. The van der Waals surface area contributed by atoms with E-state index in [1.165, 1.54) is 12.8 Å². The van der Waals surface area contributed by atoms with Gasteiger partial charge >= 0.3 is 0 Å². The van der Waals surface area contributed by atoms with Gasteiger partial charge in [-0.1, -0.05) is 30.3 Å². The summed E-state index contributed by atoms with van der Waals surface area (Å²) < 4.78 is 0. The Bertz CT molecular complexity index is 682. The van der Waals surface area contributed by atoms with Crippen LogP contribution in [0.25, 0.3) is 0 Å². The molecule has 3 rings (SSSR count). The number of nitro benzene ring substituents is 1. The van der Waals surface area contributed by atoms with Crippen molar-refractivity contribution in [3.05, 3.63) is 64.2 Å². The van der Waals surface area contributed by atoms with E-state index in [4.69, 9.17) is 0 Å². The molecule has 0 saturated carbocycles. The number of anilines is 2. The van der Waals surface area contributed by atoms with E-state index in [1.807, 2.05) is 49.4 Å². The molecule has 5 heteroatoms. The SMILES string of the molecule is C[C@@H](Nc1cc(N2CCCC2)ccc1[N+](=O)[O-])c1ccccc1. The highest BCUT2D eigenvalue weighted by Gasteiger charge is 2.20. The number of hydrogen-bond donors (Lipinski definition) is 1. The Labute approximate surface area is 136 Å². The van der Waals surface area contributed by atoms with Crippen LogP contribution >= 0.6 is 0 Å². The molecule has 2 aromatic carbocycles. The molecule has 1 atom stereocenters. The highest BCUT2D eigenvalue weighted by Crippen LogP contribution is 2.33. The van der Waals surface area contributed by atoms with E-state index in [-0.39, 0.29) is 16.7 Å². The van der Waals surface area contributed by atoms with Crippen LogP contribution in [0, 0.1) is 10.1 Å². The first-order valence-corrected chi connectivity index (χ1v) is 8.00. The molecular weight excluding hydrogens is 290 g/mol. The summed E-state index contributed by atoms with van der Waals surface area (Å²) in [5.74, 6) is 0. The second kappa shape index (κ2) is 6.69. The molecule has 0 aliphatic carbocycles. The Morgan fingerprint density at radius 1 is 1.13 bits per heavy atom. The van der Waals surface area contributed by atoms with Crippen LogP contribution in [0.5, 0.6) is 0 Å². The summed E-state index contributed by atoms with van der Waals surface area (Å²) in [6.45, 7) is 4.05. The fourth-order valence-corrected chi connectivity index (χ4v) is 3.03. The van der Waals surface area contributed by atoms with Gasteiger partial charge < -0.3 is 10.2 Å². The second-order valence-electron chi connectivity index (χ2n) is 5.93. The molecular formula is C18H21N3O2. The van der Waals surface area contributed by atoms with Crippen molar-refractivity contribution in [3.63, 3.8) is 0 Å². The number of nitrogens with one attached hydrogen (secondary N) is 1. The van der Waals surface area contributed by atoms with E-state index in [1.54, 1.807) is 6.07 Å². The van der Waals surface area contributed by atoms with Crippen LogP contribution in [0.1, 0.15) is 31.4 Å². The van der Waals surface area contributed by atoms with Gasteiger partial charge in [-0.05, 0) is 37.5 Å². The van der Waals surface area contributed by atoms with Crippen LogP contribution < -0.4 is 10.2 Å². The van der Waals surface area contributed by atoms with Crippen molar-refractivity contribution >= 4 is 17.1 Å². The molecule has 1 saturated heterocycles. The molecule has 1 heterocycles. The van der Waals surface area contributed by atoms with Gasteiger partial charge in [0.15, 0.2) is 0 Å². The molecule has 2 aromatic rings. The fourth-order valence-electron chi connectivity index (χ4n) is 3.03. The lowest BCUT2D eigenvalue weighted by Gasteiger charge is -2.20. The lowest BCUT2D eigenvalue weighted by atomic mass is 10.1. The maximum atomic E-state index is 11.3. The predicted octanol–water partition coefficient (Wildman–Crippen LogP) is 4.37. The van der Waals surface area contributed by atoms with Crippen LogP contribution in [0.15, 0.2) is 48.5 Å². The molecule has 0 spiro atoms. The molecule has 0 aromatic heterocycles. The first-order chi connectivity index (χ1) is 11.1. The van der Waals surface area contributed by atoms with Crippen molar-refractivity contribution in [1.29, 1.82) is 0 Å². The third kappa shape index (κ3) is 3.44. The molecule has 1 N–H and O–H groups in total. The van der Waals surface area contributed by atoms with Gasteiger partial charge in [0.25, 0.3) is 5.69 Å². The first kappa shape index (κ1) is 15.3. The average Bonchev–Trinajstić information content (AvgIpc) is 3.10. The monoisotopic (exact) mass is 311 g/mol. The van der Waals surface area contributed by atoms with Gasteiger partial charge in [0, 0.05) is 30.9 Å². The van der Waals surface area contributed by atoms with Crippen LogP contribution in [0.2, 0.25) is 0 Å². The molecule has 5 nitrogen and oxygen atoms in total. The number of nitro groups is 1.